The largest absolute Gasteiger partial charge is 2.00 e. The Morgan fingerprint density at radius 2 is 1.11 bits per heavy atom. The Kier molecular flexibility index (Phi) is 21.9. The summed E-state index contributed by atoms with van der Waals surface area (Å²) in [5.74, 6) is 0. The molecule has 0 N–H and O–H groups in total. The summed E-state index contributed by atoms with van der Waals surface area (Å²) < 4.78 is 1.15. The maximum atomic E-state index is 4.77. The third-order valence-corrected chi connectivity index (χ3v) is 3.56. The van der Waals surface area contributed by atoms with E-state index < -0.39 is 0 Å². The number of nitrogens with zero attached hydrogens (tertiary/aromatic N) is 2. The van der Waals surface area contributed by atoms with Gasteiger partial charge < -0.3 is 59.5 Å². The van der Waals surface area contributed by atoms with Gasteiger partial charge in [-0.1, -0.05) is 35.3 Å². The van der Waals surface area contributed by atoms with Gasteiger partial charge in [0, 0.05) is 27.2 Å². The van der Waals surface area contributed by atoms with Crippen LogP contribution in [-0.2, 0) is 42.3 Å². The van der Waals surface area contributed by atoms with Gasteiger partial charge in [-0.15, -0.1) is 0 Å². The van der Waals surface area contributed by atoms with E-state index in [9.17, 15) is 0 Å². The minimum absolute atomic E-state index is 0. The molecular formula is C12H24CuN2S4. The number of thiocarbonyl (C=S) groups is 2. The van der Waals surface area contributed by atoms with Crippen LogP contribution >= 0.6 is 24.4 Å². The van der Waals surface area contributed by atoms with Crippen molar-refractivity contribution in [2.45, 2.75) is 39.5 Å². The van der Waals surface area contributed by atoms with Crippen molar-refractivity contribution in [3.63, 3.8) is 0 Å². The summed E-state index contributed by atoms with van der Waals surface area (Å²) in [6, 6.07) is 0. The van der Waals surface area contributed by atoms with Crippen molar-refractivity contribution in [1.82, 2.24) is 9.80 Å². The molecule has 117 valence electrons. The Labute approximate surface area is 151 Å². The van der Waals surface area contributed by atoms with Gasteiger partial charge in [-0.25, -0.2) is 0 Å². The van der Waals surface area contributed by atoms with E-state index in [1.54, 1.807) is 0 Å². The normalized spacial score (nSPS) is 8.63. The standard InChI is InChI=1S/2C6H13NS2.Cu/c2*1-3-4-5-7(2)6(8)9;/h2*3-5H2,1-2H3,(H,8,9);/q;;+2/p-2. The summed E-state index contributed by atoms with van der Waals surface area (Å²) in [5.41, 5.74) is 0. The quantitative estimate of drug-likeness (QED) is 0.389. The van der Waals surface area contributed by atoms with E-state index >= 15 is 0 Å². The van der Waals surface area contributed by atoms with Crippen LogP contribution in [0.15, 0.2) is 0 Å². The zero-order chi connectivity index (χ0) is 14.6. The molecule has 0 aliphatic carbocycles. The molecule has 0 spiro atoms. The third kappa shape index (κ3) is 18.7. The molecule has 0 amide bonds. The molecule has 0 fully saturated rings. The summed E-state index contributed by atoms with van der Waals surface area (Å²) in [5, 5.41) is 0. The Morgan fingerprint density at radius 1 is 0.842 bits per heavy atom. The fourth-order valence-electron chi connectivity index (χ4n) is 0.973. The Bertz CT molecular complexity index is 216. The number of unbranched alkanes of at least 4 members (excludes halogenated alkanes) is 2. The van der Waals surface area contributed by atoms with Gasteiger partial charge in [0.1, 0.15) is 0 Å². The van der Waals surface area contributed by atoms with Crippen LogP contribution in [0, 0.1) is 0 Å². The number of rotatable bonds is 6. The second kappa shape index (κ2) is 16.8. The summed E-state index contributed by atoms with van der Waals surface area (Å²) >= 11 is 19.1. The molecule has 0 bridgehead atoms. The first kappa shape index (κ1) is 24.7. The van der Waals surface area contributed by atoms with Gasteiger partial charge in [-0.2, -0.15) is 0 Å². The van der Waals surface area contributed by atoms with Gasteiger partial charge in [0.2, 0.25) is 0 Å². The van der Waals surface area contributed by atoms with Gasteiger partial charge in [-0.05, 0) is 12.8 Å². The molecule has 0 aromatic rings. The predicted octanol–water partition coefficient (Wildman–Crippen LogP) is 3.10. The van der Waals surface area contributed by atoms with Crippen molar-refractivity contribution in [2.24, 2.45) is 0 Å². The molecule has 19 heavy (non-hydrogen) atoms. The van der Waals surface area contributed by atoms with Crippen molar-refractivity contribution in [2.75, 3.05) is 27.2 Å². The van der Waals surface area contributed by atoms with Crippen LogP contribution in [0.5, 0.6) is 0 Å². The molecule has 1 radical (unpaired) electrons. The molecule has 2 nitrogen and oxygen atoms in total. The van der Waals surface area contributed by atoms with Crippen molar-refractivity contribution in [3.05, 3.63) is 0 Å². The molecule has 0 atom stereocenters. The van der Waals surface area contributed by atoms with Crippen molar-refractivity contribution < 1.29 is 17.1 Å². The van der Waals surface area contributed by atoms with Gasteiger partial charge in [-0.3, -0.25) is 0 Å². The van der Waals surface area contributed by atoms with E-state index in [1.165, 1.54) is 25.7 Å². The molecule has 0 saturated carbocycles. The first-order valence-corrected chi connectivity index (χ1v) is 7.84. The van der Waals surface area contributed by atoms with Gasteiger partial charge in [0.15, 0.2) is 0 Å². The molecule has 0 rings (SSSR count). The first-order valence-electron chi connectivity index (χ1n) is 6.20. The Balaban J connectivity index is -0.000000256. The average Bonchev–Trinajstić information content (AvgIpc) is 2.33. The summed E-state index contributed by atoms with van der Waals surface area (Å²) in [4.78, 5) is 3.85. The van der Waals surface area contributed by atoms with Crippen LogP contribution in [0.3, 0.4) is 0 Å². The SMILES string of the molecule is CCCCN(C)C(=S)[S-].CCCCN(C)C(=S)[S-].[Cu+2]. The van der Waals surface area contributed by atoms with Gasteiger partial charge >= 0.3 is 17.1 Å². The smallest absolute Gasteiger partial charge is 0.411 e. The monoisotopic (exact) mass is 387 g/mol. The van der Waals surface area contributed by atoms with Gasteiger partial charge in [0.25, 0.3) is 0 Å². The minimum Gasteiger partial charge on any atom is -0.411 e. The molecular weight excluding hydrogens is 364 g/mol. The zero-order valence-electron chi connectivity index (χ0n) is 12.1. The molecule has 0 saturated heterocycles. The van der Waals surface area contributed by atoms with Crippen LogP contribution in [0.4, 0.5) is 0 Å². The molecule has 0 unspecified atom stereocenters. The van der Waals surface area contributed by atoms with Crippen molar-refractivity contribution in [3.8, 4) is 0 Å². The molecule has 0 aromatic carbocycles. The van der Waals surface area contributed by atoms with Crippen molar-refractivity contribution in [1.29, 1.82) is 0 Å². The second-order valence-electron chi connectivity index (χ2n) is 4.08. The topological polar surface area (TPSA) is 6.48 Å². The van der Waals surface area contributed by atoms with E-state index in [0.717, 1.165) is 13.1 Å². The van der Waals surface area contributed by atoms with Crippen molar-refractivity contribution >= 4 is 58.3 Å². The molecule has 0 heterocycles. The van der Waals surface area contributed by atoms with Crippen LogP contribution < -0.4 is 0 Å². The summed E-state index contributed by atoms with van der Waals surface area (Å²) in [6.07, 6.45) is 4.74. The van der Waals surface area contributed by atoms with E-state index in [0.29, 0.717) is 8.64 Å². The van der Waals surface area contributed by atoms with Crippen LogP contribution in [0.1, 0.15) is 39.5 Å². The maximum Gasteiger partial charge on any atom is 2.00 e. The Hall–Kier alpha value is 0.739. The third-order valence-electron chi connectivity index (χ3n) is 2.32. The molecule has 7 heteroatoms. The maximum absolute atomic E-state index is 4.77. The predicted molar refractivity (Wildman–Crippen MR) is 95.0 cm³/mol. The van der Waals surface area contributed by atoms with E-state index in [2.05, 4.69) is 13.8 Å². The molecule has 0 aromatic heterocycles. The average molecular weight is 388 g/mol. The zero-order valence-corrected chi connectivity index (χ0v) is 16.3. The molecule has 0 aliphatic heterocycles. The summed E-state index contributed by atoms with van der Waals surface area (Å²) in [6.45, 7) is 6.30. The number of hydrogen-bond donors (Lipinski definition) is 0. The summed E-state index contributed by atoms with van der Waals surface area (Å²) in [7, 11) is 3.87. The van der Waals surface area contributed by atoms with E-state index in [-0.39, 0.29) is 17.1 Å². The van der Waals surface area contributed by atoms with E-state index in [1.807, 2.05) is 23.9 Å². The Morgan fingerprint density at radius 3 is 1.26 bits per heavy atom. The molecule has 0 aliphatic rings. The van der Waals surface area contributed by atoms with Gasteiger partial charge in [0.05, 0.1) is 0 Å². The number of hydrogen-bond acceptors (Lipinski definition) is 4. The van der Waals surface area contributed by atoms with Crippen LogP contribution in [0.25, 0.3) is 0 Å². The first-order chi connectivity index (χ1) is 8.36. The second-order valence-corrected chi connectivity index (χ2v) is 6.15. The fraction of sp³-hybridized carbons (Fsp3) is 0.833. The van der Waals surface area contributed by atoms with Crippen LogP contribution in [0.2, 0.25) is 0 Å². The van der Waals surface area contributed by atoms with E-state index in [4.69, 9.17) is 49.7 Å². The van der Waals surface area contributed by atoms with Crippen LogP contribution in [-0.4, -0.2) is 45.6 Å². The minimum atomic E-state index is 0. The fourth-order valence-corrected chi connectivity index (χ4v) is 1.34.